The zero-order chi connectivity index (χ0) is 11.5. The van der Waals surface area contributed by atoms with Crippen LogP contribution < -0.4 is 10.2 Å². The van der Waals surface area contributed by atoms with Gasteiger partial charge in [-0.1, -0.05) is 0 Å². The molecule has 1 aromatic rings. The van der Waals surface area contributed by atoms with E-state index < -0.39 is 0 Å². The number of nitriles is 1. The third kappa shape index (κ3) is 1.98. The van der Waals surface area contributed by atoms with Gasteiger partial charge in [0, 0.05) is 6.20 Å². The molecule has 2 heterocycles. The molecule has 6 heteroatoms. The number of hydrogen-bond donors (Lipinski definition) is 1. The summed E-state index contributed by atoms with van der Waals surface area (Å²) >= 11 is 0. The molecule has 0 radical (unpaired) electrons. The molecule has 6 nitrogen and oxygen atoms in total. The average molecular weight is 216 g/mol. The molecule has 1 aliphatic heterocycles. The van der Waals surface area contributed by atoms with Crippen LogP contribution in [0.3, 0.4) is 0 Å². The van der Waals surface area contributed by atoms with Gasteiger partial charge < -0.3 is 4.90 Å². The number of nitrogens with one attached hydrogen (secondary N) is 1. The van der Waals surface area contributed by atoms with Crippen molar-refractivity contribution in [3.05, 3.63) is 23.9 Å². The van der Waals surface area contributed by atoms with Crippen molar-refractivity contribution in [2.24, 2.45) is 0 Å². The fourth-order valence-corrected chi connectivity index (χ4v) is 1.44. The van der Waals surface area contributed by atoms with E-state index in [9.17, 15) is 9.59 Å². The number of hydrogen-bond acceptors (Lipinski definition) is 5. The van der Waals surface area contributed by atoms with E-state index in [0.29, 0.717) is 11.4 Å². The Bertz CT molecular complexity index is 459. The molecule has 0 unspecified atom stereocenters. The van der Waals surface area contributed by atoms with Gasteiger partial charge >= 0.3 is 0 Å². The standard InChI is InChI=1S/C10H8N4O2/c11-3-7-1-2-8(12-4-7)14-5-9(15)13-10(16)6-14/h1-2,4H,5-6H2,(H,13,15,16). The lowest BCUT2D eigenvalue weighted by molar-refractivity contribution is -0.130. The SMILES string of the molecule is N#Cc1ccc(N2CC(=O)NC(=O)C2)nc1. The van der Waals surface area contributed by atoms with Crippen molar-refractivity contribution < 1.29 is 9.59 Å². The van der Waals surface area contributed by atoms with Crippen LogP contribution in [0.25, 0.3) is 0 Å². The van der Waals surface area contributed by atoms with Crippen LogP contribution in [-0.2, 0) is 9.59 Å². The first kappa shape index (κ1) is 10.1. The minimum absolute atomic E-state index is 0.102. The summed E-state index contributed by atoms with van der Waals surface area (Å²) < 4.78 is 0. The van der Waals surface area contributed by atoms with Crippen LogP contribution in [0.4, 0.5) is 5.82 Å². The smallest absolute Gasteiger partial charge is 0.246 e. The fourth-order valence-electron chi connectivity index (χ4n) is 1.44. The van der Waals surface area contributed by atoms with Crippen molar-refractivity contribution in [1.29, 1.82) is 5.26 Å². The average Bonchev–Trinajstić information content (AvgIpc) is 2.28. The van der Waals surface area contributed by atoms with Gasteiger partial charge in [0.2, 0.25) is 11.8 Å². The van der Waals surface area contributed by atoms with Crippen LogP contribution in [0.1, 0.15) is 5.56 Å². The van der Waals surface area contributed by atoms with Gasteiger partial charge in [-0.25, -0.2) is 4.98 Å². The lowest BCUT2D eigenvalue weighted by atomic mass is 10.3. The Morgan fingerprint density at radius 2 is 2.00 bits per heavy atom. The maximum atomic E-state index is 11.1. The molecule has 0 aromatic carbocycles. The third-order valence-electron chi connectivity index (χ3n) is 2.15. The van der Waals surface area contributed by atoms with Gasteiger partial charge in [-0.3, -0.25) is 14.9 Å². The fraction of sp³-hybridized carbons (Fsp3) is 0.200. The topological polar surface area (TPSA) is 86.1 Å². The molecule has 80 valence electrons. The molecule has 16 heavy (non-hydrogen) atoms. The minimum atomic E-state index is -0.345. The summed E-state index contributed by atoms with van der Waals surface area (Å²) in [7, 11) is 0. The van der Waals surface area contributed by atoms with Gasteiger partial charge in [0.25, 0.3) is 0 Å². The van der Waals surface area contributed by atoms with Crippen LogP contribution in [0.2, 0.25) is 0 Å². The first-order valence-electron chi connectivity index (χ1n) is 4.63. The number of pyridine rings is 1. The molecular weight excluding hydrogens is 208 g/mol. The summed E-state index contributed by atoms with van der Waals surface area (Å²) in [5.41, 5.74) is 0.441. The third-order valence-corrected chi connectivity index (χ3v) is 2.15. The Labute approximate surface area is 91.5 Å². The molecule has 1 aromatic heterocycles. The predicted octanol–water partition coefficient (Wildman–Crippen LogP) is -0.584. The van der Waals surface area contributed by atoms with Crippen LogP contribution in [0.5, 0.6) is 0 Å². The Balaban J connectivity index is 2.20. The maximum Gasteiger partial charge on any atom is 0.246 e. The van der Waals surface area contributed by atoms with E-state index >= 15 is 0 Å². The number of nitrogens with zero attached hydrogens (tertiary/aromatic N) is 3. The van der Waals surface area contributed by atoms with E-state index in [-0.39, 0.29) is 24.9 Å². The molecule has 1 N–H and O–H groups in total. The molecule has 2 amide bonds. The van der Waals surface area contributed by atoms with Crippen LogP contribution in [0, 0.1) is 11.3 Å². The van der Waals surface area contributed by atoms with Crippen molar-refractivity contribution in [1.82, 2.24) is 10.3 Å². The molecule has 0 aliphatic carbocycles. The van der Waals surface area contributed by atoms with Gasteiger partial charge in [0.1, 0.15) is 11.9 Å². The second kappa shape index (κ2) is 3.98. The lowest BCUT2D eigenvalue weighted by Crippen LogP contribution is -2.51. The number of carbonyl (C=O) groups is 2. The van der Waals surface area contributed by atoms with Gasteiger partial charge in [0.15, 0.2) is 0 Å². The largest absolute Gasteiger partial charge is 0.338 e. The maximum absolute atomic E-state index is 11.1. The molecule has 2 rings (SSSR count). The molecule has 1 aliphatic rings. The normalized spacial score (nSPS) is 15.6. The van der Waals surface area contributed by atoms with Crippen molar-refractivity contribution in [3.63, 3.8) is 0 Å². The highest BCUT2D eigenvalue weighted by atomic mass is 16.2. The van der Waals surface area contributed by atoms with E-state index in [0.717, 1.165) is 0 Å². The quantitative estimate of drug-likeness (QED) is 0.634. The molecular formula is C10H8N4O2. The second-order valence-corrected chi connectivity index (χ2v) is 3.34. The first-order valence-corrected chi connectivity index (χ1v) is 4.63. The summed E-state index contributed by atoms with van der Waals surface area (Å²) in [4.78, 5) is 27.8. The van der Waals surface area contributed by atoms with Crippen molar-refractivity contribution >= 4 is 17.6 Å². The number of aromatic nitrogens is 1. The number of carbonyl (C=O) groups excluding carboxylic acids is 2. The lowest BCUT2D eigenvalue weighted by Gasteiger charge is -2.26. The first-order chi connectivity index (χ1) is 7.69. The van der Waals surface area contributed by atoms with Crippen LogP contribution in [-0.4, -0.2) is 29.9 Å². The summed E-state index contributed by atoms with van der Waals surface area (Å²) in [5, 5.41) is 10.8. The zero-order valence-electron chi connectivity index (χ0n) is 8.30. The van der Waals surface area contributed by atoms with E-state index in [4.69, 9.17) is 5.26 Å². The predicted molar refractivity (Wildman–Crippen MR) is 54.3 cm³/mol. The van der Waals surface area contributed by atoms with Crippen LogP contribution in [0.15, 0.2) is 18.3 Å². The number of imide groups is 1. The van der Waals surface area contributed by atoms with Crippen molar-refractivity contribution in [3.8, 4) is 6.07 Å². The Morgan fingerprint density at radius 1 is 1.31 bits per heavy atom. The highest BCUT2D eigenvalue weighted by Crippen LogP contribution is 2.11. The summed E-state index contributed by atoms with van der Waals surface area (Å²) in [6.45, 7) is 0.204. The molecule has 0 spiro atoms. The van der Waals surface area contributed by atoms with Gasteiger partial charge in [-0.05, 0) is 12.1 Å². The summed E-state index contributed by atoms with van der Waals surface area (Å²) in [6.07, 6.45) is 1.41. The van der Waals surface area contributed by atoms with E-state index in [1.54, 1.807) is 17.0 Å². The monoisotopic (exact) mass is 216 g/mol. The second-order valence-electron chi connectivity index (χ2n) is 3.34. The van der Waals surface area contributed by atoms with E-state index in [1.807, 2.05) is 6.07 Å². The highest BCUT2D eigenvalue weighted by Gasteiger charge is 2.23. The Hall–Kier alpha value is -2.42. The number of rotatable bonds is 1. The number of piperazine rings is 1. The van der Waals surface area contributed by atoms with Crippen LogP contribution >= 0.6 is 0 Å². The van der Waals surface area contributed by atoms with E-state index in [1.165, 1.54) is 6.20 Å². The van der Waals surface area contributed by atoms with Crippen molar-refractivity contribution in [2.75, 3.05) is 18.0 Å². The molecule has 0 atom stereocenters. The molecule has 0 saturated carbocycles. The number of anilines is 1. The number of amides is 2. The zero-order valence-corrected chi connectivity index (χ0v) is 8.30. The van der Waals surface area contributed by atoms with Crippen molar-refractivity contribution in [2.45, 2.75) is 0 Å². The summed E-state index contributed by atoms with van der Waals surface area (Å²) in [6, 6.07) is 5.16. The van der Waals surface area contributed by atoms with Gasteiger partial charge in [0.05, 0.1) is 18.7 Å². The Kier molecular flexibility index (Phi) is 2.52. The highest BCUT2D eigenvalue weighted by molar-refractivity contribution is 6.02. The van der Waals surface area contributed by atoms with E-state index in [2.05, 4.69) is 10.3 Å². The molecule has 1 saturated heterocycles. The minimum Gasteiger partial charge on any atom is -0.338 e. The Morgan fingerprint density at radius 3 is 2.50 bits per heavy atom. The van der Waals surface area contributed by atoms with Gasteiger partial charge in [-0.15, -0.1) is 0 Å². The van der Waals surface area contributed by atoms with Gasteiger partial charge in [-0.2, -0.15) is 5.26 Å². The summed E-state index contributed by atoms with van der Waals surface area (Å²) in [5.74, 6) is -0.174. The molecule has 0 bridgehead atoms. The molecule has 1 fully saturated rings.